The highest BCUT2D eigenvalue weighted by Crippen LogP contribution is 2.19. The number of carbonyl (C=O) groups excluding carboxylic acids is 1. The molecule has 2 heterocycles. The molecule has 5 nitrogen and oxygen atoms in total. The standard InChI is InChI=1S/C19H19N3O2/c1-12-9-13(2)20-19-16(12)7-8-17(22-19)21-18(23)11-14-5-4-6-15(10-14)24-3/h4-10H,11H2,1-3H3,(H,20,21,22,23). The van der Waals surface area contributed by atoms with Crippen LogP contribution in [0.5, 0.6) is 5.75 Å². The van der Waals surface area contributed by atoms with E-state index in [0.29, 0.717) is 11.5 Å². The lowest BCUT2D eigenvalue weighted by atomic mass is 10.1. The van der Waals surface area contributed by atoms with Crippen LogP contribution >= 0.6 is 0 Å². The van der Waals surface area contributed by atoms with Gasteiger partial charge in [-0.05, 0) is 55.3 Å². The second-order valence-electron chi connectivity index (χ2n) is 5.72. The number of amides is 1. The van der Waals surface area contributed by atoms with Gasteiger partial charge in [0.15, 0.2) is 5.65 Å². The molecule has 3 aromatic rings. The summed E-state index contributed by atoms with van der Waals surface area (Å²) in [5, 5.41) is 3.82. The van der Waals surface area contributed by atoms with Crippen LogP contribution < -0.4 is 10.1 Å². The highest BCUT2D eigenvalue weighted by Gasteiger charge is 2.08. The zero-order valence-electron chi connectivity index (χ0n) is 14.0. The van der Waals surface area contributed by atoms with E-state index in [1.807, 2.05) is 50.2 Å². The molecule has 24 heavy (non-hydrogen) atoms. The number of carbonyl (C=O) groups is 1. The molecule has 5 heteroatoms. The number of fused-ring (bicyclic) bond motifs is 1. The van der Waals surface area contributed by atoms with Crippen LogP contribution in [-0.2, 0) is 11.2 Å². The zero-order chi connectivity index (χ0) is 17.1. The number of ether oxygens (including phenoxy) is 1. The minimum Gasteiger partial charge on any atom is -0.497 e. The van der Waals surface area contributed by atoms with Crippen molar-refractivity contribution in [1.29, 1.82) is 0 Å². The molecule has 122 valence electrons. The Morgan fingerprint density at radius 2 is 1.96 bits per heavy atom. The van der Waals surface area contributed by atoms with Crippen LogP contribution in [0.3, 0.4) is 0 Å². The summed E-state index contributed by atoms with van der Waals surface area (Å²) in [6.07, 6.45) is 0.261. The number of aryl methyl sites for hydroxylation is 2. The average molecular weight is 321 g/mol. The summed E-state index contributed by atoms with van der Waals surface area (Å²) in [6.45, 7) is 3.96. The van der Waals surface area contributed by atoms with Gasteiger partial charge in [-0.15, -0.1) is 0 Å². The molecule has 1 N–H and O–H groups in total. The maximum Gasteiger partial charge on any atom is 0.229 e. The number of aromatic nitrogens is 2. The number of nitrogens with one attached hydrogen (secondary N) is 1. The van der Waals surface area contributed by atoms with E-state index in [1.54, 1.807) is 13.2 Å². The Morgan fingerprint density at radius 3 is 2.75 bits per heavy atom. The first kappa shape index (κ1) is 15.9. The number of nitrogens with zero attached hydrogens (tertiary/aromatic N) is 2. The maximum atomic E-state index is 12.2. The number of hydrogen-bond acceptors (Lipinski definition) is 4. The van der Waals surface area contributed by atoms with Gasteiger partial charge in [-0.1, -0.05) is 12.1 Å². The quantitative estimate of drug-likeness (QED) is 0.799. The SMILES string of the molecule is COc1cccc(CC(=O)Nc2ccc3c(C)cc(C)nc3n2)c1. The predicted octanol–water partition coefficient (Wildman–Crippen LogP) is 3.44. The van der Waals surface area contributed by atoms with Gasteiger partial charge in [0.2, 0.25) is 5.91 Å². The van der Waals surface area contributed by atoms with Crippen LogP contribution in [0.15, 0.2) is 42.5 Å². The molecule has 0 radical (unpaired) electrons. The van der Waals surface area contributed by atoms with Gasteiger partial charge in [-0.3, -0.25) is 4.79 Å². The molecule has 0 fully saturated rings. The lowest BCUT2D eigenvalue weighted by Gasteiger charge is -2.08. The van der Waals surface area contributed by atoms with Gasteiger partial charge in [-0.2, -0.15) is 0 Å². The normalized spacial score (nSPS) is 10.6. The van der Waals surface area contributed by atoms with Gasteiger partial charge in [-0.25, -0.2) is 9.97 Å². The summed E-state index contributed by atoms with van der Waals surface area (Å²) in [4.78, 5) is 21.1. The van der Waals surface area contributed by atoms with Crippen LogP contribution in [0.2, 0.25) is 0 Å². The Bertz CT molecular complexity index is 906. The van der Waals surface area contributed by atoms with E-state index in [-0.39, 0.29) is 12.3 Å². The first-order valence-electron chi connectivity index (χ1n) is 7.73. The van der Waals surface area contributed by atoms with E-state index in [1.165, 1.54) is 0 Å². The molecule has 1 amide bonds. The minimum atomic E-state index is -0.125. The fourth-order valence-corrected chi connectivity index (χ4v) is 2.66. The van der Waals surface area contributed by atoms with Crippen LogP contribution in [0.4, 0.5) is 5.82 Å². The third-order valence-corrected chi connectivity index (χ3v) is 3.77. The van der Waals surface area contributed by atoms with Crippen LogP contribution in [0.25, 0.3) is 11.0 Å². The first-order valence-corrected chi connectivity index (χ1v) is 7.73. The summed E-state index contributed by atoms with van der Waals surface area (Å²) < 4.78 is 5.17. The van der Waals surface area contributed by atoms with Crippen LogP contribution in [0.1, 0.15) is 16.8 Å². The smallest absolute Gasteiger partial charge is 0.229 e. The Morgan fingerprint density at radius 1 is 1.12 bits per heavy atom. The predicted molar refractivity (Wildman–Crippen MR) is 94.3 cm³/mol. The number of rotatable bonds is 4. The summed E-state index contributed by atoms with van der Waals surface area (Å²) in [5.74, 6) is 1.12. The molecule has 0 saturated carbocycles. The Hall–Kier alpha value is -2.95. The topological polar surface area (TPSA) is 64.1 Å². The van der Waals surface area contributed by atoms with Gasteiger partial charge in [0, 0.05) is 11.1 Å². The van der Waals surface area contributed by atoms with E-state index in [2.05, 4.69) is 15.3 Å². The van der Waals surface area contributed by atoms with Crippen molar-refractivity contribution in [2.75, 3.05) is 12.4 Å². The Kier molecular flexibility index (Phi) is 4.42. The van der Waals surface area contributed by atoms with Crippen LogP contribution in [-0.4, -0.2) is 23.0 Å². The van der Waals surface area contributed by atoms with Crippen molar-refractivity contribution in [1.82, 2.24) is 9.97 Å². The molecule has 0 unspecified atom stereocenters. The molecule has 0 aliphatic carbocycles. The lowest BCUT2D eigenvalue weighted by molar-refractivity contribution is -0.115. The lowest BCUT2D eigenvalue weighted by Crippen LogP contribution is -2.15. The molecule has 0 aliphatic rings. The second-order valence-corrected chi connectivity index (χ2v) is 5.72. The van der Waals surface area contributed by atoms with Crippen molar-refractivity contribution in [2.45, 2.75) is 20.3 Å². The largest absolute Gasteiger partial charge is 0.497 e. The number of anilines is 1. The Labute approximate surface area is 140 Å². The average Bonchev–Trinajstić information content (AvgIpc) is 2.54. The monoisotopic (exact) mass is 321 g/mol. The van der Waals surface area contributed by atoms with Crippen molar-refractivity contribution < 1.29 is 9.53 Å². The van der Waals surface area contributed by atoms with Gasteiger partial charge < -0.3 is 10.1 Å². The molecule has 0 aliphatic heterocycles. The van der Waals surface area contributed by atoms with E-state index in [4.69, 9.17) is 4.74 Å². The van der Waals surface area contributed by atoms with Crippen molar-refractivity contribution in [3.8, 4) is 5.75 Å². The number of methoxy groups -OCH3 is 1. The molecule has 1 aromatic carbocycles. The van der Waals surface area contributed by atoms with E-state index < -0.39 is 0 Å². The molecule has 0 atom stereocenters. The second kappa shape index (κ2) is 6.66. The van der Waals surface area contributed by atoms with E-state index in [0.717, 1.165) is 28.0 Å². The third kappa shape index (κ3) is 3.51. The maximum absolute atomic E-state index is 12.2. The minimum absolute atomic E-state index is 0.125. The fraction of sp³-hybridized carbons (Fsp3) is 0.211. The summed E-state index contributed by atoms with van der Waals surface area (Å²) in [6, 6.07) is 13.2. The third-order valence-electron chi connectivity index (χ3n) is 3.77. The van der Waals surface area contributed by atoms with E-state index >= 15 is 0 Å². The molecule has 0 saturated heterocycles. The van der Waals surface area contributed by atoms with Crippen molar-refractivity contribution in [2.24, 2.45) is 0 Å². The highest BCUT2D eigenvalue weighted by molar-refractivity contribution is 5.92. The molecule has 2 aromatic heterocycles. The molecular formula is C19H19N3O2. The molecular weight excluding hydrogens is 302 g/mol. The fourth-order valence-electron chi connectivity index (χ4n) is 2.66. The van der Waals surface area contributed by atoms with Gasteiger partial charge in [0.25, 0.3) is 0 Å². The van der Waals surface area contributed by atoms with Gasteiger partial charge in [0.1, 0.15) is 11.6 Å². The van der Waals surface area contributed by atoms with Crippen molar-refractivity contribution in [3.63, 3.8) is 0 Å². The van der Waals surface area contributed by atoms with Crippen molar-refractivity contribution >= 4 is 22.8 Å². The molecule has 3 rings (SSSR count). The van der Waals surface area contributed by atoms with Crippen LogP contribution in [0, 0.1) is 13.8 Å². The zero-order valence-corrected chi connectivity index (χ0v) is 14.0. The van der Waals surface area contributed by atoms with Gasteiger partial charge in [0.05, 0.1) is 13.5 Å². The number of benzene rings is 1. The Balaban J connectivity index is 1.77. The van der Waals surface area contributed by atoms with E-state index in [9.17, 15) is 4.79 Å². The number of pyridine rings is 2. The summed E-state index contributed by atoms with van der Waals surface area (Å²) in [7, 11) is 1.61. The molecule has 0 spiro atoms. The van der Waals surface area contributed by atoms with Crippen molar-refractivity contribution in [3.05, 3.63) is 59.3 Å². The first-order chi connectivity index (χ1) is 11.5. The van der Waals surface area contributed by atoms with Gasteiger partial charge >= 0.3 is 0 Å². The molecule has 0 bridgehead atoms. The summed E-state index contributed by atoms with van der Waals surface area (Å²) in [5.41, 5.74) is 3.57. The number of hydrogen-bond donors (Lipinski definition) is 1. The summed E-state index contributed by atoms with van der Waals surface area (Å²) >= 11 is 0. The highest BCUT2D eigenvalue weighted by atomic mass is 16.5.